The number of hydrogen-bond acceptors (Lipinski definition) is 1. The van der Waals surface area contributed by atoms with Gasteiger partial charge < -0.3 is 4.79 Å². The number of fused-ring (bicyclic) bond motifs is 1. The molecule has 2 rings (SSSR count). The Morgan fingerprint density at radius 3 is 3.00 bits per heavy atom. The van der Waals surface area contributed by atoms with Gasteiger partial charge in [0.15, 0.2) is 0 Å². The predicted octanol–water partition coefficient (Wildman–Crippen LogP) is 3.63. The van der Waals surface area contributed by atoms with Gasteiger partial charge in [0.1, 0.15) is 6.29 Å². The van der Waals surface area contributed by atoms with Crippen LogP contribution in [0.4, 0.5) is 0 Å². The highest BCUT2D eigenvalue weighted by Crippen LogP contribution is 2.33. The Kier molecular flexibility index (Phi) is 3.25. The van der Waals surface area contributed by atoms with E-state index in [9.17, 15) is 4.79 Å². The Morgan fingerprint density at radius 1 is 1.47 bits per heavy atom. The highest BCUT2D eigenvalue weighted by atomic mass is 79.9. The van der Waals surface area contributed by atoms with Crippen LogP contribution in [-0.4, -0.2) is 6.29 Å². The van der Waals surface area contributed by atoms with Gasteiger partial charge in [0.2, 0.25) is 0 Å². The molecule has 1 aliphatic rings. The minimum absolute atomic E-state index is 0.354. The maximum absolute atomic E-state index is 10.6. The number of aryl methyl sites for hydroxylation is 1. The van der Waals surface area contributed by atoms with Crippen LogP contribution in [0.3, 0.4) is 0 Å². The second-order valence-electron chi connectivity index (χ2n) is 4.29. The van der Waals surface area contributed by atoms with E-state index in [0.717, 1.165) is 10.8 Å². The van der Waals surface area contributed by atoms with Crippen molar-refractivity contribution in [2.45, 2.75) is 38.5 Å². The van der Waals surface area contributed by atoms with Crippen LogP contribution in [0.2, 0.25) is 0 Å². The van der Waals surface area contributed by atoms with Crippen LogP contribution in [0.1, 0.15) is 42.4 Å². The first-order valence-corrected chi connectivity index (χ1v) is 6.26. The van der Waals surface area contributed by atoms with Crippen LogP contribution in [0, 0.1) is 0 Å². The first-order valence-electron chi connectivity index (χ1n) is 5.47. The topological polar surface area (TPSA) is 17.1 Å². The lowest BCUT2D eigenvalue weighted by Gasteiger charge is -2.14. The average Bonchev–Trinajstić information content (AvgIpc) is 2.64. The predicted molar refractivity (Wildman–Crippen MR) is 65.3 cm³/mol. The molecule has 15 heavy (non-hydrogen) atoms. The summed E-state index contributed by atoms with van der Waals surface area (Å²) < 4.78 is 1.15. The molecule has 0 radical (unpaired) electrons. The van der Waals surface area contributed by atoms with E-state index in [1.807, 2.05) is 0 Å². The van der Waals surface area contributed by atoms with E-state index >= 15 is 0 Å². The molecule has 0 heterocycles. The maximum Gasteiger partial charge on any atom is 0.120 e. The molecule has 0 N–H and O–H groups in total. The third-order valence-electron chi connectivity index (χ3n) is 3.20. The highest BCUT2D eigenvalue weighted by molar-refractivity contribution is 9.10. The number of rotatable bonds is 3. The Morgan fingerprint density at radius 2 is 2.27 bits per heavy atom. The first-order chi connectivity index (χ1) is 7.22. The van der Waals surface area contributed by atoms with Crippen molar-refractivity contribution < 1.29 is 4.79 Å². The summed E-state index contributed by atoms with van der Waals surface area (Å²) in [6.07, 6.45) is 5.28. The second kappa shape index (κ2) is 4.48. The molecule has 80 valence electrons. The number of aldehydes is 1. The standard InChI is InChI=1S/C13H15BrO/c1-9(5-6-15)13-8-11(14)7-10-3-2-4-12(10)13/h6-9H,2-5H2,1H3. The van der Waals surface area contributed by atoms with E-state index in [1.54, 1.807) is 0 Å². The summed E-state index contributed by atoms with van der Waals surface area (Å²) in [5.41, 5.74) is 4.33. The zero-order valence-corrected chi connectivity index (χ0v) is 10.5. The molecule has 0 aromatic heterocycles. The molecule has 1 aliphatic carbocycles. The number of benzene rings is 1. The lowest BCUT2D eigenvalue weighted by molar-refractivity contribution is -0.108. The van der Waals surface area contributed by atoms with Gasteiger partial charge in [-0.2, -0.15) is 0 Å². The number of carbonyl (C=O) groups excluding carboxylic acids is 1. The van der Waals surface area contributed by atoms with Crippen molar-refractivity contribution >= 4 is 22.2 Å². The third-order valence-corrected chi connectivity index (χ3v) is 3.65. The monoisotopic (exact) mass is 266 g/mol. The van der Waals surface area contributed by atoms with Gasteiger partial charge in [0, 0.05) is 10.9 Å². The fraction of sp³-hybridized carbons (Fsp3) is 0.462. The summed E-state index contributed by atoms with van der Waals surface area (Å²) in [6.45, 7) is 2.13. The molecule has 0 aliphatic heterocycles. The molecule has 2 heteroatoms. The molecule has 0 amide bonds. The molecule has 1 aromatic carbocycles. The van der Waals surface area contributed by atoms with Crippen molar-refractivity contribution in [3.63, 3.8) is 0 Å². The summed E-state index contributed by atoms with van der Waals surface area (Å²) >= 11 is 3.55. The molecule has 0 spiro atoms. The minimum Gasteiger partial charge on any atom is -0.303 e. The van der Waals surface area contributed by atoms with Crippen LogP contribution in [0.25, 0.3) is 0 Å². The number of hydrogen-bond donors (Lipinski definition) is 0. The summed E-state index contributed by atoms with van der Waals surface area (Å²) in [4.78, 5) is 10.6. The van der Waals surface area contributed by atoms with Gasteiger partial charge in [-0.3, -0.25) is 0 Å². The van der Waals surface area contributed by atoms with Gasteiger partial charge in [-0.05, 0) is 54.0 Å². The van der Waals surface area contributed by atoms with Gasteiger partial charge in [-0.15, -0.1) is 0 Å². The van der Waals surface area contributed by atoms with Crippen molar-refractivity contribution in [1.29, 1.82) is 0 Å². The molecule has 1 atom stereocenters. The van der Waals surface area contributed by atoms with Crippen LogP contribution in [0.15, 0.2) is 16.6 Å². The quantitative estimate of drug-likeness (QED) is 0.764. The average molecular weight is 267 g/mol. The van der Waals surface area contributed by atoms with E-state index in [0.29, 0.717) is 12.3 Å². The summed E-state index contributed by atoms with van der Waals surface area (Å²) in [5, 5.41) is 0. The van der Waals surface area contributed by atoms with E-state index in [1.165, 1.54) is 36.0 Å². The largest absolute Gasteiger partial charge is 0.303 e. The minimum atomic E-state index is 0.354. The van der Waals surface area contributed by atoms with Crippen molar-refractivity contribution in [3.05, 3.63) is 33.3 Å². The van der Waals surface area contributed by atoms with E-state index in [-0.39, 0.29) is 0 Å². The fourth-order valence-electron chi connectivity index (χ4n) is 2.41. The zero-order chi connectivity index (χ0) is 10.8. The van der Waals surface area contributed by atoms with Crippen LogP contribution in [0.5, 0.6) is 0 Å². The fourth-order valence-corrected chi connectivity index (χ4v) is 2.93. The van der Waals surface area contributed by atoms with Crippen LogP contribution < -0.4 is 0 Å². The highest BCUT2D eigenvalue weighted by Gasteiger charge is 2.18. The molecular formula is C13H15BrO. The first kappa shape index (κ1) is 10.9. The Bertz CT molecular complexity index is 384. The van der Waals surface area contributed by atoms with Gasteiger partial charge in [0.25, 0.3) is 0 Å². The number of halogens is 1. The normalized spacial score (nSPS) is 16.1. The number of carbonyl (C=O) groups is 1. The molecular weight excluding hydrogens is 252 g/mol. The Labute approximate surface area is 99.0 Å². The molecule has 0 saturated carbocycles. The second-order valence-corrected chi connectivity index (χ2v) is 5.21. The smallest absolute Gasteiger partial charge is 0.120 e. The van der Waals surface area contributed by atoms with Crippen molar-refractivity contribution in [2.24, 2.45) is 0 Å². The maximum atomic E-state index is 10.6. The van der Waals surface area contributed by atoms with E-state index in [2.05, 4.69) is 35.0 Å². The van der Waals surface area contributed by atoms with Crippen LogP contribution in [-0.2, 0) is 17.6 Å². The Balaban J connectivity index is 2.41. The summed E-state index contributed by atoms with van der Waals surface area (Å²) in [7, 11) is 0. The third kappa shape index (κ3) is 2.15. The molecule has 1 unspecified atom stereocenters. The Hall–Kier alpha value is -0.630. The van der Waals surface area contributed by atoms with E-state index < -0.39 is 0 Å². The molecule has 1 nitrogen and oxygen atoms in total. The van der Waals surface area contributed by atoms with Gasteiger partial charge in [0.05, 0.1) is 0 Å². The zero-order valence-electron chi connectivity index (χ0n) is 8.92. The van der Waals surface area contributed by atoms with Crippen molar-refractivity contribution in [2.75, 3.05) is 0 Å². The van der Waals surface area contributed by atoms with Gasteiger partial charge in [-0.25, -0.2) is 0 Å². The van der Waals surface area contributed by atoms with Gasteiger partial charge in [-0.1, -0.05) is 22.9 Å². The summed E-state index contributed by atoms with van der Waals surface area (Å²) in [5.74, 6) is 0.354. The SMILES string of the molecule is CC(CC=O)c1cc(Br)cc2c1CCC2. The van der Waals surface area contributed by atoms with E-state index in [4.69, 9.17) is 0 Å². The molecule has 0 fully saturated rings. The molecule has 0 bridgehead atoms. The molecule has 1 aromatic rings. The lowest BCUT2D eigenvalue weighted by atomic mass is 9.92. The van der Waals surface area contributed by atoms with Crippen molar-refractivity contribution in [3.8, 4) is 0 Å². The molecule has 0 saturated heterocycles. The van der Waals surface area contributed by atoms with Crippen molar-refractivity contribution in [1.82, 2.24) is 0 Å². The lowest BCUT2D eigenvalue weighted by Crippen LogP contribution is -2.00. The summed E-state index contributed by atoms with van der Waals surface area (Å²) in [6, 6.07) is 4.40. The van der Waals surface area contributed by atoms with Crippen LogP contribution >= 0.6 is 15.9 Å². The van der Waals surface area contributed by atoms with Gasteiger partial charge >= 0.3 is 0 Å².